The van der Waals surface area contributed by atoms with E-state index < -0.39 is 0 Å². The van der Waals surface area contributed by atoms with Gasteiger partial charge < -0.3 is 10.1 Å². The summed E-state index contributed by atoms with van der Waals surface area (Å²) in [6.45, 7) is 1.47. The number of amides is 2. The van der Waals surface area contributed by atoms with Crippen molar-refractivity contribution >= 4 is 35.0 Å². The van der Waals surface area contributed by atoms with Crippen molar-refractivity contribution in [2.75, 3.05) is 16.0 Å². The molecule has 5 nitrogen and oxygen atoms in total. The number of carbonyl (C=O) groups is 2. The van der Waals surface area contributed by atoms with Gasteiger partial charge in [0.1, 0.15) is 16.9 Å². The molecule has 0 radical (unpaired) electrons. The van der Waals surface area contributed by atoms with E-state index in [-0.39, 0.29) is 17.2 Å². The minimum Gasteiger partial charge on any atom is -0.457 e. The lowest BCUT2D eigenvalue weighted by atomic mass is 10.1. The smallest absolute Gasteiger partial charge is 0.238 e. The molecule has 0 saturated carbocycles. The van der Waals surface area contributed by atoms with Crippen LogP contribution in [-0.4, -0.2) is 17.6 Å². The Morgan fingerprint density at radius 1 is 1.00 bits per heavy atom. The summed E-state index contributed by atoms with van der Waals surface area (Å²) in [4.78, 5) is 25.6. The summed E-state index contributed by atoms with van der Waals surface area (Å²) in [6.07, 6.45) is 0. The van der Waals surface area contributed by atoms with Crippen LogP contribution < -0.4 is 15.0 Å². The topological polar surface area (TPSA) is 58.6 Å². The normalized spacial score (nSPS) is 16.0. The maximum atomic E-state index is 12.6. The Morgan fingerprint density at radius 3 is 2.45 bits per heavy atom. The van der Waals surface area contributed by atoms with Crippen LogP contribution in [0.3, 0.4) is 0 Å². The minimum atomic E-state index is -0.131. The van der Waals surface area contributed by atoms with E-state index >= 15 is 0 Å². The standard InChI is InChI=1S/C23H20N2O3S/c1-16(26)24-18-10-12-19(13-11-18)25-22(27)15-29-23(25)17-6-5-9-21(14-17)28-20-7-3-2-4-8-20/h2-14,23H,15H2,1H3,(H,24,26). The molecular formula is C23H20N2O3S. The lowest BCUT2D eigenvalue weighted by Crippen LogP contribution is -2.27. The number of thioether (sulfide) groups is 1. The number of nitrogens with zero attached hydrogens (tertiary/aromatic N) is 1. The molecule has 1 fully saturated rings. The van der Waals surface area contributed by atoms with Crippen LogP contribution in [0.1, 0.15) is 17.9 Å². The third-order valence-electron chi connectivity index (χ3n) is 4.46. The SMILES string of the molecule is CC(=O)Nc1ccc(N2C(=O)CSC2c2cccc(Oc3ccccc3)c2)cc1. The number of para-hydroxylation sites is 1. The molecule has 4 rings (SSSR count). The molecular weight excluding hydrogens is 384 g/mol. The molecule has 1 saturated heterocycles. The molecule has 3 aromatic rings. The van der Waals surface area contributed by atoms with Crippen LogP contribution in [0.5, 0.6) is 11.5 Å². The molecule has 2 amide bonds. The number of rotatable bonds is 5. The molecule has 0 aliphatic carbocycles. The van der Waals surface area contributed by atoms with Crippen LogP contribution in [0.15, 0.2) is 78.9 Å². The highest BCUT2D eigenvalue weighted by atomic mass is 32.2. The fourth-order valence-corrected chi connectivity index (χ4v) is 4.38. The van der Waals surface area contributed by atoms with Crippen molar-refractivity contribution in [2.24, 2.45) is 0 Å². The van der Waals surface area contributed by atoms with Crippen molar-refractivity contribution in [2.45, 2.75) is 12.3 Å². The van der Waals surface area contributed by atoms with Crippen molar-refractivity contribution in [3.05, 3.63) is 84.4 Å². The zero-order valence-electron chi connectivity index (χ0n) is 15.9. The molecule has 1 aliphatic rings. The maximum absolute atomic E-state index is 12.6. The summed E-state index contributed by atoms with van der Waals surface area (Å²) in [5.41, 5.74) is 2.50. The molecule has 0 spiro atoms. The predicted octanol–water partition coefficient (Wildman–Crippen LogP) is 5.22. The molecule has 1 unspecified atom stereocenters. The van der Waals surface area contributed by atoms with Gasteiger partial charge in [-0.1, -0.05) is 30.3 Å². The van der Waals surface area contributed by atoms with Gasteiger partial charge in [0.15, 0.2) is 0 Å². The van der Waals surface area contributed by atoms with E-state index in [0.29, 0.717) is 11.4 Å². The van der Waals surface area contributed by atoms with Crippen LogP contribution in [0.4, 0.5) is 11.4 Å². The van der Waals surface area contributed by atoms with E-state index in [2.05, 4.69) is 5.32 Å². The third-order valence-corrected chi connectivity index (χ3v) is 5.67. The van der Waals surface area contributed by atoms with E-state index in [4.69, 9.17) is 4.74 Å². The zero-order chi connectivity index (χ0) is 20.2. The van der Waals surface area contributed by atoms with Gasteiger partial charge in [0.2, 0.25) is 11.8 Å². The van der Waals surface area contributed by atoms with Crippen molar-refractivity contribution in [3.8, 4) is 11.5 Å². The van der Waals surface area contributed by atoms with E-state index in [1.54, 1.807) is 28.8 Å². The maximum Gasteiger partial charge on any atom is 0.238 e. The van der Waals surface area contributed by atoms with Gasteiger partial charge in [-0.3, -0.25) is 14.5 Å². The molecule has 0 aromatic heterocycles. The number of hydrogen-bond acceptors (Lipinski definition) is 4. The average molecular weight is 404 g/mol. The summed E-state index contributed by atoms with van der Waals surface area (Å²) in [5, 5.41) is 2.61. The Hall–Kier alpha value is -3.25. The summed E-state index contributed by atoms with van der Waals surface area (Å²) >= 11 is 1.59. The highest BCUT2D eigenvalue weighted by molar-refractivity contribution is 8.00. The molecule has 1 atom stereocenters. The number of ether oxygens (including phenoxy) is 1. The molecule has 3 aromatic carbocycles. The number of hydrogen-bond donors (Lipinski definition) is 1. The van der Waals surface area contributed by atoms with Crippen LogP contribution >= 0.6 is 11.8 Å². The van der Waals surface area contributed by atoms with Gasteiger partial charge in [0.25, 0.3) is 0 Å². The second-order valence-corrected chi connectivity index (χ2v) is 7.71. The van der Waals surface area contributed by atoms with E-state index in [0.717, 1.165) is 22.7 Å². The van der Waals surface area contributed by atoms with E-state index in [1.165, 1.54) is 6.92 Å². The summed E-state index contributed by atoms with van der Waals surface area (Å²) in [5.74, 6) is 1.85. The summed E-state index contributed by atoms with van der Waals surface area (Å²) < 4.78 is 5.95. The van der Waals surface area contributed by atoms with Crippen LogP contribution in [0.25, 0.3) is 0 Å². The predicted molar refractivity (Wildman–Crippen MR) is 116 cm³/mol. The first kappa shape index (κ1) is 19.1. The van der Waals surface area contributed by atoms with Crippen molar-refractivity contribution in [1.29, 1.82) is 0 Å². The molecule has 0 bridgehead atoms. The highest BCUT2D eigenvalue weighted by Crippen LogP contribution is 2.42. The lowest BCUT2D eigenvalue weighted by molar-refractivity contribution is -0.116. The van der Waals surface area contributed by atoms with E-state index in [1.807, 2.05) is 66.7 Å². The summed E-state index contributed by atoms with van der Waals surface area (Å²) in [7, 11) is 0. The van der Waals surface area contributed by atoms with Gasteiger partial charge in [0, 0.05) is 18.3 Å². The first-order valence-electron chi connectivity index (χ1n) is 9.24. The van der Waals surface area contributed by atoms with Crippen molar-refractivity contribution in [1.82, 2.24) is 0 Å². The van der Waals surface area contributed by atoms with Crippen LogP contribution in [-0.2, 0) is 9.59 Å². The van der Waals surface area contributed by atoms with Crippen molar-refractivity contribution in [3.63, 3.8) is 0 Å². The van der Waals surface area contributed by atoms with Gasteiger partial charge in [-0.05, 0) is 54.1 Å². The monoisotopic (exact) mass is 404 g/mol. The van der Waals surface area contributed by atoms with Crippen LogP contribution in [0, 0.1) is 0 Å². The second kappa shape index (κ2) is 8.41. The molecule has 6 heteroatoms. The molecule has 1 heterocycles. The quantitative estimate of drug-likeness (QED) is 0.634. The molecule has 1 aliphatic heterocycles. The number of benzene rings is 3. The van der Waals surface area contributed by atoms with E-state index in [9.17, 15) is 9.59 Å². The fraction of sp³-hybridized carbons (Fsp3) is 0.130. The Morgan fingerprint density at radius 2 is 1.72 bits per heavy atom. The highest BCUT2D eigenvalue weighted by Gasteiger charge is 2.34. The molecule has 146 valence electrons. The minimum absolute atomic E-state index is 0.0571. The van der Waals surface area contributed by atoms with Gasteiger partial charge in [-0.15, -0.1) is 11.8 Å². The zero-order valence-corrected chi connectivity index (χ0v) is 16.7. The first-order valence-corrected chi connectivity index (χ1v) is 10.3. The Kier molecular flexibility index (Phi) is 5.53. The first-order chi connectivity index (χ1) is 14.1. The Labute approximate surface area is 173 Å². The number of nitrogens with one attached hydrogen (secondary N) is 1. The average Bonchev–Trinajstić information content (AvgIpc) is 3.11. The molecule has 1 N–H and O–H groups in total. The number of anilines is 2. The molecule has 29 heavy (non-hydrogen) atoms. The van der Waals surface area contributed by atoms with Crippen molar-refractivity contribution < 1.29 is 14.3 Å². The summed E-state index contributed by atoms with van der Waals surface area (Å²) in [6, 6.07) is 24.8. The van der Waals surface area contributed by atoms with Gasteiger partial charge in [-0.2, -0.15) is 0 Å². The number of carbonyl (C=O) groups excluding carboxylic acids is 2. The Bertz CT molecular complexity index is 1020. The second-order valence-electron chi connectivity index (χ2n) is 6.64. The largest absolute Gasteiger partial charge is 0.457 e. The Balaban J connectivity index is 1.58. The van der Waals surface area contributed by atoms with Crippen LogP contribution in [0.2, 0.25) is 0 Å². The third kappa shape index (κ3) is 4.43. The fourth-order valence-electron chi connectivity index (χ4n) is 3.21. The van der Waals surface area contributed by atoms with Gasteiger partial charge in [-0.25, -0.2) is 0 Å². The van der Waals surface area contributed by atoms with Gasteiger partial charge >= 0.3 is 0 Å². The van der Waals surface area contributed by atoms with Gasteiger partial charge in [0.05, 0.1) is 5.75 Å². The lowest BCUT2D eigenvalue weighted by Gasteiger charge is -2.25.